The molecule has 0 spiro atoms. The molecule has 0 bridgehead atoms. The molecule has 0 radical (unpaired) electrons. The summed E-state index contributed by atoms with van der Waals surface area (Å²) in [6.07, 6.45) is 0.188. The number of fused-ring (bicyclic) bond motifs is 1. The molecule has 1 heterocycles. The van der Waals surface area contributed by atoms with Gasteiger partial charge in [-0.2, -0.15) is 0 Å². The quantitative estimate of drug-likeness (QED) is 0.743. The van der Waals surface area contributed by atoms with Crippen LogP contribution in [-0.2, 0) is 21.2 Å². The lowest BCUT2D eigenvalue weighted by atomic mass is 10.1. The van der Waals surface area contributed by atoms with Crippen LogP contribution in [0.5, 0.6) is 0 Å². The van der Waals surface area contributed by atoms with Crippen LogP contribution in [0.4, 0.5) is 5.69 Å². The summed E-state index contributed by atoms with van der Waals surface area (Å²) in [5.41, 5.74) is 6.44. The van der Waals surface area contributed by atoms with E-state index in [2.05, 4.69) is 26.0 Å². The Labute approximate surface area is 126 Å². The Morgan fingerprint density at radius 3 is 2.70 bits per heavy atom. The molecule has 1 aromatic rings. The van der Waals surface area contributed by atoms with E-state index in [9.17, 15) is 13.2 Å². The van der Waals surface area contributed by atoms with Gasteiger partial charge < -0.3 is 11.1 Å². The number of nitrogens with two attached hydrogens (primary N) is 1. The van der Waals surface area contributed by atoms with E-state index < -0.39 is 15.6 Å². The van der Waals surface area contributed by atoms with Crippen LogP contribution in [0.2, 0.25) is 0 Å². The molecular weight excluding hydrogens is 346 g/mol. The predicted octanol–water partition coefficient (Wildman–Crippen LogP) is 0.959. The van der Waals surface area contributed by atoms with Crippen LogP contribution in [0.3, 0.4) is 0 Å². The van der Waals surface area contributed by atoms with Gasteiger partial charge >= 0.3 is 0 Å². The van der Waals surface area contributed by atoms with E-state index >= 15 is 0 Å². The molecule has 1 aliphatic heterocycles. The number of nitrogens with one attached hydrogen (secondary N) is 2. The number of amides is 1. The lowest BCUT2D eigenvalue weighted by molar-refractivity contribution is -0.115. The Morgan fingerprint density at radius 2 is 2.10 bits per heavy atom. The molecule has 1 amide bonds. The average molecular weight is 362 g/mol. The molecular formula is C12H16BrN3O3S. The van der Waals surface area contributed by atoms with E-state index in [1.807, 2.05) is 0 Å². The second kappa shape index (κ2) is 5.10. The fourth-order valence-electron chi connectivity index (χ4n) is 1.79. The Morgan fingerprint density at radius 1 is 1.45 bits per heavy atom. The molecule has 20 heavy (non-hydrogen) atoms. The van der Waals surface area contributed by atoms with Gasteiger partial charge in [0.15, 0.2) is 0 Å². The number of hydrogen-bond acceptors (Lipinski definition) is 4. The fraction of sp³-hybridized carbons (Fsp3) is 0.417. The number of benzene rings is 1. The van der Waals surface area contributed by atoms with Gasteiger partial charge in [0.25, 0.3) is 0 Å². The van der Waals surface area contributed by atoms with Gasteiger partial charge in [-0.1, -0.05) is 0 Å². The smallest absolute Gasteiger partial charge is 0.241 e. The van der Waals surface area contributed by atoms with E-state index in [4.69, 9.17) is 5.73 Å². The van der Waals surface area contributed by atoms with Crippen LogP contribution < -0.4 is 15.8 Å². The van der Waals surface area contributed by atoms with Crippen molar-refractivity contribution in [2.24, 2.45) is 5.73 Å². The van der Waals surface area contributed by atoms with Gasteiger partial charge in [0, 0.05) is 22.2 Å². The summed E-state index contributed by atoms with van der Waals surface area (Å²) in [5.74, 6) is -0.141. The van der Waals surface area contributed by atoms with Crippen molar-refractivity contribution in [2.45, 2.75) is 30.7 Å². The molecule has 1 aromatic carbocycles. The van der Waals surface area contributed by atoms with Crippen molar-refractivity contribution in [1.29, 1.82) is 0 Å². The first-order chi connectivity index (χ1) is 9.08. The molecule has 0 fully saturated rings. The summed E-state index contributed by atoms with van der Waals surface area (Å²) in [6.45, 7) is 3.59. The SMILES string of the molecule is CC(C)(N)CNS(=O)(=O)c1cc2c(cc1Br)NC(=O)C2. The van der Waals surface area contributed by atoms with E-state index in [-0.39, 0.29) is 23.8 Å². The Kier molecular flexibility index (Phi) is 3.94. The highest BCUT2D eigenvalue weighted by molar-refractivity contribution is 9.10. The summed E-state index contributed by atoms with van der Waals surface area (Å²) in [7, 11) is -3.68. The Bertz CT molecular complexity index is 665. The van der Waals surface area contributed by atoms with Crippen molar-refractivity contribution in [2.75, 3.05) is 11.9 Å². The molecule has 0 unspecified atom stereocenters. The fourth-order valence-corrected chi connectivity index (χ4v) is 4.10. The third-order valence-electron chi connectivity index (χ3n) is 2.79. The summed E-state index contributed by atoms with van der Waals surface area (Å²) in [6, 6.07) is 3.10. The van der Waals surface area contributed by atoms with Crippen molar-refractivity contribution < 1.29 is 13.2 Å². The minimum Gasteiger partial charge on any atom is -0.325 e. The van der Waals surface area contributed by atoms with E-state index in [1.54, 1.807) is 19.9 Å². The highest BCUT2D eigenvalue weighted by Gasteiger charge is 2.25. The standard InChI is InChI=1S/C12H16BrN3O3S/c1-12(2,14)6-15-20(18,19)10-3-7-4-11(17)16-9(7)5-8(10)13/h3,5,15H,4,6,14H2,1-2H3,(H,16,17). The van der Waals surface area contributed by atoms with E-state index in [1.165, 1.54) is 6.07 Å². The molecule has 0 aromatic heterocycles. The van der Waals surface area contributed by atoms with Gasteiger partial charge in [-0.25, -0.2) is 13.1 Å². The number of carbonyl (C=O) groups is 1. The third kappa shape index (κ3) is 3.38. The van der Waals surface area contributed by atoms with Crippen molar-refractivity contribution in [3.8, 4) is 0 Å². The minimum absolute atomic E-state index is 0.108. The van der Waals surface area contributed by atoms with Crippen molar-refractivity contribution in [1.82, 2.24) is 4.72 Å². The van der Waals surface area contributed by atoms with Crippen LogP contribution in [-0.4, -0.2) is 26.4 Å². The number of halogens is 1. The highest BCUT2D eigenvalue weighted by Crippen LogP contribution is 2.32. The second-order valence-corrected chi connectivity index (χ2v) is 8.07. The van der Waals surface area contributed by atoms with Crippen LogP contribution in [0.25, 0.3) is 0 Å². The zero-order valence-electron chi connectivity index (χ0n) is 11.2. The van der Waals surface area contributed by atoms with Gasteiger partial charge in [-0.15, -0.1) is 0 Å². The monoisotopic (exact) mass is 361 g/mol. The maximum Gasteiger partial charge on any atom is 0.241 e. The summed E-state index contributed by atoms with van der Waals surface area (Å²) in [4.78, 5) is 11.4. The molecule has 0 atom stereocenters. The molecule has 4 N–H and O–H groups in total. The Balaban J connectivity index is 2.34. The van der Waals surface area contributed by atoms with Crippen molar-refractivity contribution in [3.05, 3.63) is 22.2 Å². The highest BCUT2D eigenvalue weighted by atomic mass is 79.9. The van der Waals surface area contributed by atoms with Gasteiger partial charge in [0.1, 0.15) is 0 Å². The number of sulfonamides is 1. The zero-order chi connectivity index (χ0) is 15.1. The number of anilines is 1. The van der Waals surface area contributed by atoms with Gasteiger partial charge in [-0.05, 0) is 47.5 Å². The lowest BCUT2D eigenvalue weighted by Gasteiger charge is -2.19. The van der Waals surface area contributed by atoms with Crippen LogP contribution in [0, 0.1) is 0 Å². The van der Waals surface area contributed by atoms with Gasteiger partial charge in [0.2, 0.25) is 15.9 Å². The first-order valence-corrected chi connectivity index (χ1v) is 8.27. The number of rotatable bonds is 4. The van der Waals surface area contributed by atoms with Crippen molar-refractivity contribution in [3.63, 3.8) is 0 Å². The molecule has 8 heteroatoms. The van der Waals surface area contributed by atoms with E-state index in [0.717, 1.165) is 0 Å². The average Bonchev–Trinajstić information content (AvgIpc) is 2.64. The zero-order valence-corrected chi connectivity index (χ0v) is 13.6. The first-order valence-electron chi connectivity index (χ1n) is 5.99. The van der Waals surface area contributed by atoms with Gasteiger partial charge in [0.05, 0.1) is 11.3 Å². The molecule has 6 nitrogen and oxygen atoms in total. The first kappa shape index (κ1) is 15.4. The summed E-state index contributed by atoms with van der Waals surface area (Å²) >= 11 is 3.22. The van der Waals surface area contributed by atoms with Crippen LogP contribution in [0.15, 0.2) is 21.5 Å². The van der Waals surface area contributed by atoms with Crippen LogP contribution in [0.1, 0.15) is 19.4 Å². The minimum atomic E-state index is -3.68. The molecule has 0 saturated heterocycles. The molecule has 0 aliphatic carbocycles. The normalized spacial score (nSPS) is 15.1. The predicted molar refractivity (Wildman–Crippen MR) is 79.9 cm³/mol. The molecule has 1 aliphatic rings. The van der Waals surface area contributed by atoms with Gasteiger partial charge in [-0.3, -0.25) is 4.79 Å². The van der Waals surface area contributed by atoms with Crippen molar-refractivity contribution >= 4 is 37.5 Å². The summed E-state index contributed by atoms with van der Waals surface area (Å²) in [5, 5.41) is 2.67. The lowest BCUT2D eigenvalue weighted by Crippen LogP contribution is -2.45. The summed E-state index contributed by atoms with van der Waals surface area (Å²) < 4.78 is 27.4. The number of hydrogen-bond donors (Lipinski definition) is 3. The Hall–Kier alpha value is -0.960. The topological polar surface area (TPSA) is 101 Å². The maximum absolute atomic E-state index is 12.3. The van der Waals surface area contributed by atoms with Crippen LogP contribution >= 0.6 is 15.9 Å². The maximum atomic E-state index is 12.3. The third-order valence-corrected chi connectivity index (χ3v) is 5.15. The molecule has 110 valence electrons. The molecule has 2 rings (SSSR count). The largest absolute Gasteiger partial charge is 0.325 e. The molecule has 0 saturated carbocycles. The van der Waals surface area contributed by atoms with E-state index in [0.29, 0.717) is 15.7 Å². The number of carbonyl (C=O) groups excluding carboxylic acids is 1. The second-order valence-electron chi connectivity index (χ2n) is 5.48.